The highest BCUT2D eigenvalue weighted by Crippen LogP contribution is 2.23. The number of aliphatic hydroxyl groups is 1. The van der Waals surface area contributed by atoms with Gasteiger partial charge in [-0.15, -0.1) is 0 Å². The summed E-state index contributed by atoms with van der Waals surface area (Å²) in [5.74, 6) is -11.8. The predicted molar refractivity (Wildman–Crippen MR) is 404 cm³/mol. The number of nitrogens with one attached hydrogen (secondary N) is 11. The molecule has 1 aliphatic rings. The molecule has 1 saturated heterocycles. The van der Waals surface area contributed by atoms with Gasteiger partial charge in [-0.25, -0.2) is 9.59 Å². The van der Waals surface area contributed by atoms with E-state index in [2.05, 4.69) is 63.5 Å². The fourth-order valence-corrected chi connectivity index (χ4v) is 12.1. The van der Waals surface area contributed by atoms with Gasteiger partial charge >= 0.3 is 18.2 Å². The fourth-order valence-electron chi connectivity index (χ4n) is 11.9. The van der Waals surface area contributed by atoms with Gasteiger partial charge in [-0.1, -0.05) is 112 Å². The first-order chi connectivity index (χ1) is 52.5. The third-order valence-corrected chi connectivity index (χ3v) is 18.0. The van der Waals surface area contributed by atoms with Gasteiger partial charge in [0, 0.05) is 69.2 Å². The Balaban J connectivity index is 0.00000300. The number of hydrogen-bond acceptors (Lipinski definition) is 17. The van der Waals surface area contributed by atoms with Crippen molar-refractivity contribution in [1.29, 1.82) is 0 Å². The van der Waals surface area contributed by atoms with Crippen molar-refractivity contribution in [2.24, 2.45) is 17.4 Å². The number of aromatic nitrogens is 1. The van der Waals surface area contributed by atoms with Gasteiger partial charge in [0.25, 0.3) is 0 Å². The number of rotatable bonds is 41. The number of phenols is 1. The Bertz CT molecular complexity index is 3980. The lowest BCUT2D eigenvalue weighted by atomic mass is 9.99. The molecule has 0 bridgehead atoms. The van der Waals surface area contributed by atoms with Crippen LogP contribution in [0.3, 0.4) is 0 Å². The van der Waals surface area contributed by atoms with Crippen molar-refractivity contribution in [2.75, 3.05) is 26.2 Å². The maximum absolute atomic E-state index is 15.0. The molecule has 4 aromatic carbocycles. The lowest BCUT2D eigenvalue weighted by Crippen LogP contribution is -2.61. The summed E-state index contributed by atoms with van der Waals surface area (Å²) in [4.78, 5) is 182. The number of carboxylic acid groups (broad SMARTS) is 1. The van der Waals surface area contributed by atoms with Gasteiger partial charge in [-0.3, -0.25) is 57.7 Å². The normalized spacial score (nSPS) is 15.0. The van der Waals surface area contributed by atoms with Crippen LogP contribution >= 0.6 is 11.6 Å². The maximum Gasteiger partial charge on any atom is 0.490 e. The van der Waals surface area contributed by atoms with Crippen molar-refractivity contribution in [3.8, 4) is 5.75 Å². The smallest absolute Gasteiger partial charge is 0.490 e. The molecule has 13 amide bonds. The number of amides is 13. The Morgan fingerprint density at radius 1 is 0.559 bits per heavy atom. The standard InChI is InChI=1S/C74H100ClN15O14.C2HF3O2/c1-43(2)35-57(66(96)84-56(19-10-11-32-79-44(3)4)73(103)90-34-14-20-63(90)72(102)81-45(5)64(76)94)85-65(95)55(18-9-12-33-80-74(77)104)83-68(98)59(38-48-24-29-54(93)30-25-48)88-71(101)62(42-91)89-70(100)61(40-50-15-13-31-78-41-50)87-69(99)60(37-47-22-27-53(75)28-23-47)86-67(97)58(82-46(6)92)39-49-21-26-51-16-7-8-17-52(51)36-49;3-2(4,5)1(6)7/h7-8,13,15-17,21-31,36,41,43-45,55-63,79,91,93H,9-12,14,18-20,32-35,37-40,42H2,1-6H3,(H2,76,94)(H,81,102)(H,82,92)(H,83,98)(H,84,96)(H,85,95)(H,86,97)(H,87,99)(H,88,101)(H,89,100)(H3,77,80,104);(H,6,7)/t45-,55-,56+,57-,58-,59+,60-,61-,62+,63+;/m1./s1. The minimum atomic E-state index is -5.08. The summed E-state index contributed by atoms with van der Waals surface area (Å²) < 4.78 is 31.7. The number of nitrogens with zero attached hydrogens (tertiary/aromatic N) is 2. The second-order valence-corrected chi connectivity index (χ2v) is 28.1. The summed E-state index contributed by atoms with van der Waals surface area (Å²) in [6.45, 7) is 10.1. The molecule has 0 saturated carbocycles. The monoisotopic (exact) mass is 1570 g/mol. The van der Waals surface area contributed by atoms with E-state index in [1.807, 2.05) is 56.3 Å². The molecule has 0 spiro atoms. The number of urea groups is 1. The van der Waals surface area contributed by atoms with Crippen LogP contribution in [-0.4, -0.2) is 201 Å². The molecule has 0 aliphatic carbocycles. The fraction of sp³-hybridized carbons (Fsp3) is 0.474. The molecular formula is C76H101ClF3N15O16. The summed E-state index contributed by atoms with van der Waals surface area (Å²) in [5.41, 5.74) is 12.8. The third-order valence-electron chi connectivity index (χ3n) is 17.7. The van der Waals surface area contributed by atoms with E-state index in [4.69, 9.17) is 33.0 Å². The van der Waals surface area contributed by atoms with Crippen molar-refractivity contribution in [3.63, 3.8) is 0 Å². The molecule has 10 atom stereocenters. The number of carbonyl (C=O) groups is 13. The van der Waals surface area contributed by atoms with Crippen LogP contribution in [0.1, 0.15) is 122 Å². The first-order valence-corrected chi connectivity index (χ1v) is 36.8. The zero-order valence-corrected chi connectivity index (χ0v) is 63.4. The second-order valence-electron chi connectivity index (χ2n) is 27.7. The van der Waals surface area contributed by atoms with Crippen molar-refractivity contribution in [3.05, 3.63) is 143 Å². The highest BCUT2D eigenvalue weighted by atomic mass is 35.5. The number of halogens is 4. The molecule has 0 unspecified atom stereocenters. The van der Waals surface area contributed by atoms with Crippen molar-refractivity contribution >= 4 is 99.4 Å². The first kappa shape index (κ1) is 90.6. The van der Waals surface area contributed by atoms with Gasteiger partial charge in [0.1, 0.15) is 66.2 Å². The van der Waals surface area contributed by atoms with Crippen LogP contribution in [0, 0.1) is 5.92 Å². The van der Waals surface area contributed by atoms with Gasteiger partial charge in [-0.2, -0.15) is 13.2 Å². The second kappa shape index (κ2) is 45.2. The van der Waals surface area contributed by atoms with Crippen LogP contribution in [0.4, 0.5) is 18.0 Å². The van der Waals surface area contributed by atoms with Gasteiger partial charge in [-0.05, 0) is 141 Å². The number of aromatic hydroxyl groups is 1. The van der Waals surface area contributed by atoms with E-state index in [9.17, 15) is 80.9 Å². The summed E-state index contributed by atoms with van der Waals surface area (Å²) >= 11 is 6.24. The van der Waals surface area contributed by atoms with E-state index in [0.717, 1.165) is 10.8 Å². The molecule has 1 aromatic heterocycles. The van der Waals surface area contributed by atoms with Crippen LogP contribution in [0.2, 0.25) is 5.02 Å². The number of benzene rings is 4. The van der Waals surface area contributed by atoms with E-state index in [1.165, 1.54) is 55.4 Å². The van der Waals surface area contributed by atoms with Gasteiger partial charge in [0.2, 0.25) is 65.0 Å². The van der Waals surface area contributed by atoms with E-state index < -0.39 is 150 Å². The number of aliphatic carboxylic acids is 1. The zero-order chi connectivity index (χ0) is 82.1. The average molecular weight is 1570 g/mol. The number of fused-ring (bicyclic) bond motifs is 1. The maximum atomic E-state index is 15.0. The molecule has 111 heavy (non-hydrogen) atoms. The third kappa shape index (κ3) is 31.9. The average Bonchev–Trinajstić information content (AvgIpc) is 1.82. The minimum absolute atomic E-state index is 0.0327. The lowest BCUT2D eigenvalue weighted by molar-refractivity contribution is -0.192. The number of carbonyl (C=O) groups excluding carboxylic acids is 12. The van der Waals surface area contributed by atoms with Crippen LogP contribution in [-0.2, 0) is 83.2 Å². The Hall–Kier alpha value is -11.0. The van der Waals surface area contributed by atoms with E-state index in [0.29, 0.717) is 53.1 Å². The van der Waals surface area contributed by atoms with Gasteiger partial charge in [0.05, 0.1) is 6.61 Å². The van der Waals surface area contributed by atoms with E-state index in [-0.39, 0.29) is 95.0 Å². The number of nitrogens with two attached hydrogens (primary N) is 2. The predicted octanol–water partition coefficient (Wildman–Crippen LogP) is 2.42. The molecule has 1 fully saturated rings. The Kier molecular flexibility index (Phi) is 36.9. The molecule has 6 rings (SSSR count). The quantitative estimate of drug-likeness (QED) is 0.0250. The lowest BCUT2D eigenvalue weighted by Gasteiger charge is -2.31. The summed E-state index contributed by atoms with van der Waals surface area (Å²) in [5, 5.41) is 60.6. The highest BCUT2D eigenvalue weighted by molar-refractivity contribution is 6.30. The van der Waals surface area contributed by atoms with Crippen LogP contribution in [0.15, 0.2) is 116 Å². The van der Waals surface area contributed by atoms with Crippen molar-refractivity contribution in [1.82, 2.24) is 68.4 Å². The van der Waals surface area contributed by atoms with Crippen molar-refractivity contribution < 1.29 is 90.8 Å². The molecular weight excluding hydrogens is 1470 g/mol. The van der Waals surface area contributed by atoms with Gasteiger partial charge < -0.3 is 90.2 Å². The summed E-state index contributed by atoms with van der Waals surface area (Å²) in [6.07, 6.45) is -0.493. The molecule has 31 nitrogen and oxygen atoms in total. The molecule has 35 heteroatoms. The Labute approximate surface area is 645 Å². The van der Waals surface area contributed by atoms with Crippen molar-refractivity contribution in [2.45, 2.75) is 198 Å². The largest absolute Gasteiger partial charge is 0.508 e. The summed E-state index contributed by atoms with van der Waals surface area (Å²) in [7, 11) is 0. The zero-order valence-electron chi connectivity index (χ0n) is 62.6. The molecule has 18 N–H and O–H groups in total. The van der Waals surface area contributed by atoms with Crippen LogP contribution in [0.25, 0.3) is 10.8 Å². The molecule has 5 aromatic rings. The topological polar surface area (TPSA) is 483 Å². The number of unbranched alkanes of at least 4 members (excludes halogenated alkanes) is 2. The van der Waals surface area contributed by atoms with E-state index in [1.54, 1.807) is 50.2 Å². The summed E-state index contributed by atoms with van der Waals surface area (Å²) in [6, 6.07) is 14.4. The Morgan fingerprint density at radius 2 is 1.03 bits per heavy atom. The number of hydrogen-bond donors (Lipinski definition) is 16. The number of pyridine rings is 1. The number of primary amides is 2. The van der Waals surface area contributed by atoms with Crippen LogP contribution < -0.4 is 70.0 Å². The molecule has 604 valence electrons. The SMILES string of the molecule is CC(=O)N[C@H](Cc1ccc2ccccc2c1)C(=O)N[C@H](Cc1ccc(Cl)cc1)C(=O)N[C@H](Cc1cccnc1)C(=O)N[C@@H](CO)C(=O)N[C@@H](Cc1ccc(O)cc1)C(=O)N[C@H](CCCCNC(N)=O)C(=O)N[C@H](CC(C)C)C(=O)N[C@@H](CCCCNC(C)C)C(=O)N1CCC[C@H]1C(=O)N[C@H](C)C(N)=O.O=C(O)C(F)(F)F. The molecule has 1 aliphatic heterocycles. The number of carboxylic acids is 1. The Morgan fingerprint density at radius 3 is 1.55 bits per heavy atom. The number of alkyl halides is 3. The van der Waals surface area contributed by atoms with E-state index >= 15 is 0 Å². The number of likely N-dealkylation sites (tertiary alicyclic amines) is 1. The highest BCUT2D eigenvalue weighted by Gasteiger charge is 2.41. The van der Waals surface area contributed by atoms with Gasteiger partial charge in [0.15, 0.2) is 0 Å². The number of aliphatic hydroxyl groups excluding tert-OH is 1. The van der Waals surface area contributed by atoms with Crippen LogP contribution in [0.5, 0.6) is 5.75 Å². The number of phenolic OH excluding ortho intramolecular Hbond substituents is 1. The molecule has 0 radical (unpaired) electrons. The first-order valence-electron chi connectivity index (χ1n) is 36.4. The molecule has 2 heterocycles. The minimum Gasteiger partial charge on any atom is -0.508 e.